The van der Waals surface area contributed by atoms with Crippen molar-refractivity contribution in [2.24, 2.45) is 11.8 Å². The number of hydrogen-bond acceptors (Lipinski definition) is 4. The van der Waals surface area contributed by atoms with Crippen LogP contribution in [0, 0.1) is 11.8 Å². The molecule has 0 aromatic heterocycles. The number of benzene rings is 1. The second kappa shape index (κ2) is 13.7. The van der Waals surface area contributed by atoms with Crippen LogP contribution in [0.1, 0.15) is 69.8 Å². The van der Waals surface area contributed by atoms with Crippen molar-refractivity contribution in [3.63, 3.8) is 0 Å². The van der Waals surface area contributed by atoms with Crippen LogP contribution in [0.15, 0.2) is 24.3 Å². The van der Waals surface area contributed by atoms with Crippen molar-refractivity contribution in [2.75, 3.05) is 40.3 Å². The number of halogens is 1. The minimum absolute atomic E-state index is 0.130. The van der Waals surface area contributed by atoms with Gasteiger partial charge in [0, 0.05) is 43.7 Å². The largest absolute Gasteiger partial charge is 0.385 e. The molecule has 6 nitrogen and oxygen atoms in total. The van der Waals surface area contributed by atoms with Crippen molar-refractivity contribution in [2.45, 2.75) is 75.9 Å². The highest BCUT2D eigenvalue weighted by molar-refractivity contribution is 6.30. The average molecular weight is 493 g/mol. The molecule has 2 fully saturated rings. The Morgan fingerprint density at radius 3 is 2.71 bits per heavy atom. The van der Waals surface area contributed by atoms with E-state index in [9.17, 15) is 9.90 Å². The van der Waals surface area contributed by atoms with Gasteiger partial charge in [-0.3, -0.25) is 4.90 Å². The SMILES string of the molecule is CNCC(CC1CCCCC1)N1CCCC(C(O)(CCCNC(=O)NC)c2cccc(Cl)c2)C1. The summed E-state index contributed by atoms with van der Waals surface area (Å²) < 4.78 is 0. The van der Waals surface area contributed by atoms with Gasteiger partial charge in [0.25, 0.3) is 0 Å². The summed E-state index contributed by atoms with van der Waals surface area (Å²) >= 11 is 6.35. The zero-order chi connectivity index (χ0) is 24.4. The summed E-state index contributed by atoms with van der Waals surface area (Å²) in [7, 11) is 3.67. The van der Waals surface area contributed by atoms with Gasteiger partial charge in [-0.25, -0.2) is 4.79 Å². The van der Waals surface area contributed by atoms with Gasteiger partial charge in [-0.1, -0.05) is 55.8 Å². The van der Waals surface area contributed by atoms with Crippen LogP contribution in [0.5, 0.6) is 0 Å². The number of likely N-dealkylation sites (N-methyl/N-ethyl adjacent to an activating group) is 1. The van der Waals surface area contributed by atoms with Crippen LogP contribution in [-0.4, -0.2) is 62.4 Å². The van der Waals surface area contributed by atoms with E-state index in [2.05, 4.69) is 27.9 Å². The summed E-state index contributed by atoms with van der Waals surface area (Å²) in [5, 5.41) is 21.7. The second-order valence-electron chi connectivity index (χ2n) is 10.3. The summed E-state index contributed by atoms with van der Waals surface area (Å²) in [5.41, 5.74) is -0.0765. The maximum atomic E-state index is 12.2. The molecule has 7 heteroatoms. The molecule has 1 aromatic rings. The third-order valence-corrected chi connectivity index (χ3v) is 8.22. The van der Waals surface area contributed by atoms with E-state index >= 15 is 0 Å². The van der Waals surface area contributed by atoms with Gasteiger partial charge in [-0.05, 0) is 69.3 Å². The van der Waals surface area contributed by atoms with Crippen molar-refractivity contribution in [3.05, 3.63) is 34.9 Å². The number of aliphatic hydroxyl groups is 1. The van der Waals surface area contributed by atoms with E-state index in [1.54, 1.807) is 7.05 Å². The zero-order valence-electron chi connectivity index (χ0n) is 21.1. The Kier molecular flexibility index (Phi) is 11.0. The minimum atomic E-state index is -0.969. The molecule has 3 atom stereocenters. The monoisotopic (exact) mass is 492 g/mol. The lowest BCUT2D eigenvalue weighted by atomic mass is 9.73. The van der Waals surface area contributed by atoms with Gasteiger partial charge in [0.15, 0.2) is 0 Å². The standard InChI is InChI=1S/C27H45ClN4O2/c1-29-19-25(17-21-9-4-3-5-10-21)32-16-7-12-23(20-32)27(34,14-8-15-31-26(33)30-2)22-11-6-13-24(28)18-22/h6,11,13,18,21,23,25,29,34H,3-5,7-10,12,14-17,19-20H2,1-2H3,(H2,30,31,33). The zero-order valence-corrected chi connectivity index (χ0v) is 21.9. The fourth-order valence-electron chi connectivity index (χ4n) is 6.12. The molecular formula is C27H45ClN4O2. The van der Waals surface area contributed by atoms with Gasteiger partial charge < -0.3 is 21.1 Å². The Morgan fingerprint density at radius 2 is 2.00 bits per heavy atom. The first-order valence-electron chi connectivity index (χ1n) is 13.3. The predicted octanol–water partition coefficient (Wildman–Crippen LogP) is 4.51. The van der Waals surface area contributed by atoms with Crippen molar-refractivity contribution in [1.29, 1.82) is 0 Å². The minimum Gasteiger partial charge on any atom is -0.385 e. The summed E-state index contributed by atoms with van der Waals surface area (Å²) in [5.74, 6) is 0.959. The van der Waals surface area contributed by atoms with Crippen molar-refractivity contribution in [3.8, 4) is 0 Å². The lowest BCUT2D eigenvalue weighted by Crippen LogP contribution is -2.52. The number of nitrogens with one attached hydrogen (secondary N) is 3. The lowest BCUT2D eigenvalue weighted by Gasteiger charge is -2.46. The van der Waals surface area contributed by atoms with Gasteiger partial charge in [0.05, 0.1) is 5.60 Å². The van der Waals surface area contributed by atoms with Crippen molar-refractivity contribution in [1.82, 2.24) is 20.9 Å². The molecule has 192 valence electrons. The first kappa shape index (κ1) is 27.3. The maximum Gasteiger partial charge on any atom is 0.314 e. The van der Waals surface area contributed by atoms with Crippen LogP contribution in [-0.2, 0) is 5.60 Å². The fraction of sp³-hybridized carbons (Fsp3) is 0.741. The molecule has 1 aromatic carbocycles. The molecule has 0 bridgehead atoms. The molecule has 4 N–H and O–H groups in total. The number of piperidine rings is 1. The molecule has 1 aliphatic heterocycles. The highest BCUT2D eigenvalue weighted by Crippen LogP contribution is 2.41. The summed E-state index contributed by atoms with van der Waals surface area (Å²) in [4.78, 5) is 14.2. The van der Waals surface area contributed by atoms with Crippen molar-refractivity contribution < 1.29 is 9.90 Å². The van der Waals surface area contributed by atoms with Crippen LogP contribution in [0.2, 0.25) is 5.02 Å². The number of amides is 2. The highest BCUT2D eigenvalue weighted by Gasteiger charge is 2.41. The molecule has 1 aliphatic carbocycles. The normalized spacial score (nSPS) is 22.6. The number of likely N-dealkylation sites (tertiary alicyclic amines) is 1. The van der Waals surface area contributed by atoms with Gasteiger partial charge in [-0.2, -0.15) is 0 Å². The third-order valence-electron chi connectivity index (χ3n) is 7.99. The second-order valence-corrected chi connectivity index (χ2v) is 10.8. The number of carbonyl (C=O) groups excluding carboxylic acids is 1. The van der Waals surface area contributed by atoms with Gasteiger partial charge in [0.1, 0.15) is 0 Å². The predicted molar refractivity (Wildman–Crippen MR) is 140 cm³/mol. The van der Waals surface area contributed by atoms with E-state index < -0.39 is 5.60 Å². The van der Waals surface area contributed by atoms with E-state index in [-0.39, 0.29) is 11.9 Å². The summed E-state index contributed by atoms with van der Waals surface area (Å²) in [6.07, 6.45) is 11.5. The van der Waals surface area contributed by atoms with E-state index in [0.29, 0.717) is 30.5 Å². The van der Waals surface area contributed by atoms with Crippen LogP contribution in [0.4, 0.5) is 4.79 Å². The Hall–Kier alpha value is -1.34. The van der Waals surface area contributed by atoms with Crippen molar-refractivity contribution >= 4 is 17.6 Å². The van der Waals surface area contributed by atoms with E-state index in [4.69, 9.17) is 11.6 Å². The average Bonchev–Trinajstić information content (AvgIpc) is 2.86. The molecule has 0 radical (unpaired) electrons. The quantitative estimate of drug-likeness (QED) is 0.343. The fourth-order valence-corrected chi connectivity index (χ4v) is 6.31. The van der Waals surface area contributed by atoms with Crippen LogP contribution in [0.25, 0.3) is 0 Å². The maximum absolute atomic E-state index is 12.2. The molecule has 1 saturated carbocycles. The van der Waals surface area contributed by atoms with Crippen LogP contribution in [0.3, 0.4) is 0 Å². The number of carbonyl (C=O) groups is 1. The molecule has 3 rings (SSSR count). The smallest absolute Gasteiger partial charge is 0.314 e. The van der Waals surface area contributed by atoms with E-state index in [1.165, 1.54) is 38.5 Å². The highest BCUT2D eigenvalue weighted by atomic mass is 35.5. The molecule has 2 amide bonds. The number of nitrogens with zero attached hydrogens (tertiary/aromatic N) is 1. The topological polar surface area (TPSA) is 76.6 Å². The van der Waals surface area contributed by atoms with E-state index in [1.807, 2.05) is 24.3 Å². The Labute approximate surface area is 211 Å². The van der Waals surface area contributed by atoms with Gasteiger partial charge in [-0.15, -0.1) is 0 Å². The van der Waals surface area contributed by atoms with Crippen LogP contribution >= 0.6 is 11.6 Å². The Bertz CT molecular complexity index is 758. The summed E-state index contributed by atoms with van der Waals surface area (Å²) in [6, 6.07) is 8.03. The molecule has 0 spiro atoms. The molecule has 1 saturated heterocycles. The third kappa shape index (κ3) is 7.58. The number of rotatable bonds is 11. The van der Waals surface area contributed by atoms with Crippen LogP contribution < -0.4 is 16.0 Å². The van der Waals surface area contributed by atoms with Gasteiger partial charge >= 0.3 is 6.03 Å². The number of urea groups is 1. The molecule has 2 aliphatic rings. The molecular weight excluding hydrogens is 448 g/mol. The molecule has 3 unspecified atom stereocenters. The lowest BCUT2D eigenvalue weighted by molar-refractivity contribution is -0.0679. The Balaban J connectivity index is 1.74. The molecule has 1 heterocycles. The summed E-state index contributed by atoms with van der Waals surface area (Å²) in [6.45, 7) is 3.52. The van der Waals surface area contributed by atoms with E-state index in [0.717, 1.165) is 44.0 Å². The molecule has 34 heavy (non-hydrogen) atoms. The number of hydrogen-bond donors (Lipinski definition) is 4. The Morgan fingerprint density at radius 1 is 1.21 bits per heavy atom. The first-order chi connectivity index (χ1) is 16.5. The van der Waals surface area contributed by atoms with Gasteiger partial charge in [0.2, 0.25) is 0 Å². The first-order valence-corrected chi connectivity index (χ1v) is 13.7.